The molecule has 1 unspecified atom stereocenters. The summed E-state index contributed by atoms with van der Waals surface area (Å²) < 4.78 is 0. The van der Waals surface area contributed by atoms with E-state index in [0.29, 0.717) is 24.9 Å². The minimum atomic E-state index is -0.142. The Morgan fingerprint density at radius 3 is 2.43 bits per heavy atom. The van der Waals surface area contributed by atoms with Crippen LogP contribution in [-0.2, 0) is 0 Å². The summed E-state index contributed by atoms with van der Waals surface area (Å²) in [6.45, 7) is 5.68. The molecule has 0 spiro atoms. The van der Waals surface area contributed by atoms with Gasteiger partial charge in [0.05, 0.1) is 6.61 Å². The molecule has 1 atom stereocenters. The standard InChI is InChI=1S/C17H26N2O2/c1-13(2)15(14-6-4-3-5-7-14)10-18-16(21)19-11-17(12-20)8-9-17/h3-7,13,15,20H,8-12H2,1-2H3,(H2,18,19,21). The van der Waals surface area contributed by atoms with Crippen LogP contribution in [-0.4, -0.2) is 30.8 Å². The number of aliphatic hydroxyl groups excluding tert-OH is 1. The van der Waals surface area contributed by atoms with Crippen LogP contribution in [0.15, 0.2) is 30.3 Å². The number of aliphatic hydroxyl groups is 1. The lowest BCUT2D eigenvalue weighted by atomic mass is 9.88. The molecule has 0 aliphatic heterocycles. The minimum Gasteiger partial charge on any atom is -0.396 e. The molecule has 0 bridgehead atoms. The van der Waals surface area contributed by atoms with Crippen LogP contribution in [0.5, 0.6) is 0 Å². The Balaban J connectivity index is 1.80. The highest BCUT2D eigenvalue weighted by Gasteiger charge is 2.42. The molecule has 4 nitrogen and oxygen atoms in total. The summed E-state index contributed by atoms with van der Waals surface area (Å²) in [6, 6.07) is 10.1. The molecule has 4 heteroatoms. The molecule has 0 aromatic heterocycles. The molecule has 2 amide bonds. The van der Waals surface area contributed by atoms with E-state index in [1.165, 1.54) is 5.56 Å². The number of amides is 2. The first-order valence-electron chi connectivity index (χ1n) is 7.74. The van der Waals surface area contributed by atoms with Crippen molar-refractivity contribution in [2.45, 2.75) is 32.6 Å². The molecule has 1 aromatic carbocycles. The van der Waals surface area contributed by atoms with Gasteiger partial charge in [-0.25, -0.2) is 4.79 Å². The first-order valence-corrected chi connectivity index (χ1v) is 7.74. The third-order valence-corrected chi connectivity index (χ3v) is 4.43. The van der Waals surface area contributed by atoms with Crippen LogP contribution in [0.25, 0.3) is 0 Å². The molecule has 0 heterocycles. The van der Waals surface area contributed by atoms with Crippen molar-refractivity contribution in [3.05, 3.63) is 35.9 Å². The van der Waals surface area contributed by atoms with Gasteiger partial charge in [0.2, 0.25) is 0 Å². The second-order valence-electron chi connectivity index (χ2n) is 6.48. The topological polar surface area (TPSA) is 61.4 Å². The molecule has 1 aromatic rings. The summed E-state index contributed by atoms with van der Waals surface area (Å²) >= 11 is 0. The van der Waals surface area contributed by atoms with Crippen LogP contribution in [0, 0.1) is 11.3 Å². The number of rotatable bonds is 7. The van der Waals surface area contributed by atoms with Gasteiger partial charge < -0.3 is 15.7 Å². The van der Waals surface area contributed by atoms with Crippen LogP contribution in [0.2, 0.25) is 0 Å². The molecule has 0 radical (unpaired) electrons. The lowest BCUT2D eigenvalue weighted by Crippen LogP contribution is -2.41. The van der Waals surface area contributed by atoms with Crippen molar-refractivity contribution in [3.8, 4) is 0 Å². The van der Waals surface area contributed by atoms with Gasteiger partial charge in [-0.1, -0.05) is 44.2 Å². The number of urea groups is 1. The third kappa shape index (κ3) is 4.46. The van der Waals surface area contributed by atoms with E-state index in [9.17, 15) is 9.90 Å². The number of carbonyl (C=O) groups excluding carboxylic acids is 1. The molecule has 3 N–H and O–H groups in total. The molecule has 1 fully saturated rings. The van der Waals surface area contributed by atoms with E-state index in [0.717, 1.165) is 12.8 Å². The van der Waals surface area contributed by atoms with E-state index >= 15 is 0 Å². The van der Waals surface area contributed by atoms with Crippen molar-refractivity contribution in [2.24, 2.45) is 11.3 Å². The van der Waals surface area contributed by atoms with E-state index < -0.39 is 0 Å². The molecule has 2 rings (SSSR count). The molecule has 1 saturated carbocycles. The van der Waals surface area contributed by atoms with Crippen molar-refractivity contribution >= 4 is 6.03 Å². The molecule has 0 saturated heterocycles. The van der Waals surface area contributed by atoms with Crippen LogP contribution in [0.1, 0.15) is 38.2 Å². The van der Waals surface area contributed by atoms with Gasteiger partial charge in [0.1, 0.15) is 0 Å². The fourth-order valence-corrected chi connectivity index (χ4v) is 2.54. The smallest absolute Gasteiger partial charge is 0.314 e. The molecular weight excluding hydrogens is 264 g/mol. The largest absolute Gasteiger partial charge is 0.396 e. The second kappa shape index (κ2) is 6.94. The SMILES string of the molecule is CC(C)C(CNC(=O)NCC1(CO)CC1)c1ccccc1. The Morgan fingerprint density at radius 2 is 1.90 bits per heavy atom. The maximum Gasteiger partial charge on any atom is 0.314 e. The highest BCUT2D eigenvalue weighted by Crippen LogP contribution is 2.44. The fraction of sp³-hybridized carbons (Fsp3) is 0.588. The van der Waals surface area contributed by atoms with Crippen LogP contribution in [0.4, 0.5) is 4.79 Å². The van der Waals surface area contributed by atoms with Crippen LogP contribution < -0.4 is 10.6 Å². The first kappa shape index (κ1) is 15.8. The van der Waals surface area contributed by atoms with Gasteiger partial charge in [0.25, 0.3) is 0 Å². The summed E-state index contributed by atoms with van der Waals surface area (Å²) in [5.74, 6) is 0.768. The Bertz CT molecular complexity index is 455. The minimum absolute atomic E-state index is 0.0474. The van der Waals surface area contributed by atoms with Crippen molar-refractivity contribution in [2.75, 3.05) is 19.7 Å². The zero-order chi connectivity index (χ0) is 15.3. The van der Waals surface area contributed by atoms with Gasteiger partial charge >= 0.3 is 6.03 Å². The predicted octanol–water partition coefficient (Wildman–Crippen LogP) is 2.50. The van der Waals surface area contributed by atoms with Gasteiger partial charge in [-0.2, -0.15) is 0 Å². The van der Waals surface area contributed by atoms with Crippen molar-refractivity contribution < 1.29 is 9.90 Å². The fourth-order valence-electron chi connectivity index (χ4n) is 2.54. The van der Waals surface area contributed by atoms with E-state index in [1.807, 2.05) is 18.2 Å². The number of carbonyl (C=O) groups is 1. The molecule has 116 valence electrons. The zero-order valence-electron chi connectivity index (χ0n) is 12.9. The summed E-state index contributed by atoms with van der Waals surface area (Å²) in [6.07, 6.45) is 2.00. The number of nitrogens with one attached hydrogen (secondary N) is 2. The van der Waals surface area contributed by atoms with E-state index in [2.05, 4.69) is 36.6 Å². The Hall–Kier alpha value is -1.55. The number of benzene rings is 1. The van der Waals surface area contributed by atoms with E-state index in [-0.39, 0.29) is 18.1 Å². The van der Waals surface area contributed by atoms with Crippen LogP contribution in [0.3, 0.4) is 0 Å². The molecule has 21 heavy (non-hydrogen) atoms. The monoisotopic (exact) mass is 290 g/mol. The lowest BCUT2D eigenvalue weighted by Gasteiger charge is -2.22. The van der Waals surface area contributed by atoms with E-state index in [1.54, 1.807) is 0 Å². The lowest BCUT2D eigenvalue weighted by molar-refractivity contribution is 0.202. The maximum absolute atomic E-state index is 11.9. The molecular formula is C17H26N2O2. The number of hydrogen-bond acceptors (Lipinski definition) is 2. The van der Waals surface area contributed by atoms with Gasteiger partial charge in [0.15, 0.2) is 0 Å². The average molecular weight is 290 g/mol. The van der Waals surface area contributed by atoms with Crippen molar-refractivity contribution in [1.29, 1.82) is 0 Å². The number of hydrogen-bond donors (Lipinski definition) is 3. The van der Waals surface area contributed by atoms with Gasteiger partial charge in [0, 0.05) is 24.4 Å². The Kier molecular flexibility index (Phi) is 5.23. The molecule has 1 aliphatic rings. The highest BCUT2D eigenvalue weighted by atomic mass is 16.3. The maximum atomic E-state index is 11.9. The summed E-state index contributed by atoms with van der Waals surface area (Å²) in [5.41, 5.74) is 1.20. The predicted molar refractivity (Wildman–Crippen MR) is 84.2 cm³/mol. The van der Waals surface area contributed by atoms with Crippen LogP contribution >= 0.6 is 0 Å². The third-order valence-electron chi connectivity index (χ3n) is 4.43. The summed E-state index contributed by atoms with van der Waals surface area (Å²) in [5, 5.41) is 15.1. The zero-order valence-corrected chi connectivity index (χ0v) is 12.9. The van der Waals surface area contributed by atoms with Gasteiger partial charge in [-0.15, -0.1) is 0 Å². The van der Waals surface area contributed by atoms with Crippen molar-refractivity contribution in [3.63, 3.8) is 0 Å². The summed E-state index contributed by atoms with van der Waals surface area (Å²) in [7, 11) is 0. The first-order chi connectivity index (χ1) is 10.1. The normalized spacial score (nSPS) is 17.3. The highest BCUT2D eigenvalue weighted by molar-refractivity contribution is 5.74. The quantitative estimate of drug-likeness (QED) is 0.722. The van der Waals surface area contributed by atoms with Gasteiger partial charge in [-0.05, 0) is 24.3 Å². The second-order valence-corrected chi connectivity index (χ2v) is 6.48. The summed E-state index contributed by atoms with van der Waals surface area (Å²) in [4.78, 5) is 11.9. The molecule has 1 aliphatic carbocycles. The Morgan fingerprint density at radius 1 is 1.24 bits per heavy atom. The van der Waals surface area contributed by atoms with E-state index in [4.69, 9.17) is 0 Å². The average Bonchev–Trinajstić information content (AvgIpc) is 3.27. The van der Waals surface area contributed by atoms with Gasteiger partial charge in [-0.3, -0.25) is 0 Å². The van der Waals surface area contributed by atoms with Crippen molar-refractivity contribution in [1.82, 2.24) is 10.6 Å². The Labute approximate surface area is 126 Å².